The van der Waals surface area contributed by atoms with E-state index < -0.39 is 6.10 Å². The average Bonchev–Trinajstić information content (AvgIpc) is 2.83. The van der Waals surface area contributed by atoms with E-state index in [1.807, 2.05) is 48.5 Å². The van der Waals surface area contributed by atoms with Crippen LogP contribution in [0.3, 0.4) is 0 Å². The molecule has 0 amide bonds. The lowest BCUT2D eigenvalue weighted by Gasteiger charge is -2.26. The number of rotatable bonds is 10. The Labute approximate surface area is 223 Å². The highest BCUT2D eigenvalue weighted by Gasteiger charge is 2.20. The Morgan fingerprint density at radius 1 is 0.794 bits per heavy atom. The highest BCUT2D eigenvalue weighted by atomic mass is 127. The van der Waals surface area contributed by atoms with Crippen LogP contribution in [0.15, 0.2) is 108 Å². The van der Waals surface area contributed by atoms with Gasteiger partial charge in [0.05, 0.1) is 0 Å². The van der Waals surface area contributed by atoms with Gasteiger partial charge in [0.15, 0.2) is 0 Å². The fourth-order valence-corrected chi connectivity index (χ4v) is 4.79. The first kappa shape index (κ1) is 24.9. The zero-order valence-electron chi connectivity index (χ0n) is 18.7. The Bertz CT molecular complexity index is 1150. The first-order chi connectivity index (χ1) is 16.6. The molecule has 0 fully saturated rings. The summed E-state index contributed by atoms with van der Waals surface area (Å²) >= 11 is 5.63. The second kappa shape index (κ2) is 12.5. The van der Waals surface area contributed by atoms with Crippen molar-refractivity contribution in [1.82, 2.24) is 4.90 Å². The van der Waals surface area contributed by atoms with Crippen molar-refractivity contribution in [3.05, 3.63) is 134 Å². The SMILES string of the molecule is Fc1cc(Br)ccc1C(CCN(Cc1ccccc1)Cc1ccccc1)Oc1cccc(I)c1. The van der Waals surface area contributed by atoms with Crippen LogP contribution in [0, 0.1) is 9.39 Å². The van der Waals surface area contributed by atoms with E-state index in [0.29, 0.717) is 12.0 Å². The van der Waals surface area contributed by atoms with Gasteiger partial charge in [-0.05, 0) is 64.0 Å². The maximum atomic E-state index is 15.0. The van der Waals surface area contributed by atoms with Gasteiger partial charge in [-0.3, -0.25) is 4.90 Å². The summed E-state index contributed by atoms with van der Waals surface area (Å²) in [5.74, 6) is 0.486. The van der Waals surface area contributed by atoms with E-state index in [0.717, 1.165) is 33.4 Å². The molecule has 0 aromatic heterocycles. The highest BCUT2D eigenvalue weighted by molar-refractivity contribution is 14.1. The number of halogens is 3. The number of ether oxygens (including phenoxy) is 1. The average molecular weight is 630 g/mol. The Balaban J connectivity index is 1.56. The largest absolute Gasteiger partial charge is 0.486 e. The number of hydrogen-bond acceptors (Lipinski definition) is 2. The van der Waals surface area contributed by atoms with E-state index >= 15 is 0 Å². The molecule has 4 aromatic carbocycles. The van der Waals surface area contributed by atoms with E-state index in [1.165, 1.54) is 17.2 Å². The quantitative estimate of drug-likeness (QED) is 0.163. The lowest BCUT2D eigenvalue weighted by Crippen LogP contribution is -2.26. The number of benzene rings is 4. The van der Waals surface area contributed by atoms with Crippen LogP contribution in [-0.4, -0.2) is 11.4 Å². The predicted molar refractivity (Wildman–Crippen MR) is 148 cm³/mol. The van der Waals surface area contributed by atoms with E-state index in [9.17, 15) is 4.39 Å². The van der Waals surface area contributed by atoms with Crippen LogP contribution in [0.4, 0.5) is 4.39 Å². The van der Waals surface area contributed by atoms with Gasteiger partial charge in [-0.25, -0.2) is 4.39 Å². The van der Waals surface area contributed by atoms with Gasteiger partial charge in [0, 0.05) is 39.7 Å². The number of nitrogens with zero attached hydrogens (tertiary/aromatic N) is 1. The summed E-state index contributed by atoms with van der Waals surface area (Å²) < 4.78 is 23.1. The summed E-state index contributed by atoms with van der Waals surface area (Å²) in [5.41, 5.74) is 3.08. The van der Waals surface area contributed by atoms with Crippen LogP contribution in [0.25, 0.3) is 0 Å². The summed E-state index contributed by atoms with van der Waals surface area (Å²) in [6.07, 6.45) is 0.254. The maximum absolute atomic E-state index is 15.0. The van der Waals surface area contributed by atoms with Gasteiger partial charge in [0.1, 0.15) is 17.7 Å². The van der Waals surface area contributed by atoms with Crippen molar-refractivity contribution >= 4 is 38.5 Å². The van der Waals surface area contributed by atoms with Gasteiger partial charge in [-0.1, -0.05) is 88.7 Å². The third-order valence-electron chi connectivity index (χ3n) is 5.59. The van der Waals surface area contributed by atoms with Crippen LogP contribution in [0.2, 0.25) is 0 Å². The van der Waals surface area contributed by atoms with Crippen molar-refractivity contribution in [2.45, 2.75) is 25.6 Å². The summed E-state index contributed by atoms with van der Waals surface area (Å²) in [5, 5.41) is 0. The molecule has 1 unspecified atom stereocenters. The third-order valence-corrected chi connectivity index (χ3v) is 6.75. The van der Waals surface area contributed by atoms with Crippen molar-refractivity contribution < 1.29 is 9.13 Å². The summed E-state index contributed by atoms with van der Waals surface area (Å²) in [6, 6.07) is 34.0. The maximum Gasteiger partial charge on any atom is 0.131 e. The second-order valence-electron chi connectivity index (χ2n) is 8.20. The van der Waals surface area contributed by atoms with Gasteiger partial charge in [-0.2, -0.15) is 0 Å². The Kier molecular flexibility index (Phi) is 9.13. The smallest absolute Gasteiger partial charge is 0.131 e. The molecule has 0 bridgehead atoms. The van der Waals surface area contributed by atoms with Crippen LogP contribution in [-0.2, 0) is 13.1 Å². The van der Waals surface area contributed by atoms with Gasteiger partial charge in [0.2, 0.25) is 0 Å². The molecule has 5 heteroatoms. The third kappa shape index (κ3) is 7.39. The monoisotopic (exact) mass is 629 g/mol. The van der Waals surface area contributed by atoms with E-state index in [4.69, 9.17) is 4.74 Å². The van der Waals surface area contributed by atoms with Crippen molar-refractivity contribution in [2.24, 2.45) is 0 Å². The zero-order chi connectivity index (χ0) is 23.8. The zero-order valence-corrected chi connectivity index (χ0v) is 22.5. The molecule has 34 heavy (non-hydrogen) atoms. The fourth-order valence-electron chi connectivity index (χ4n) is 3.94. The molecule has 0 spiro atoms. The lowest BCUT2D eigenvalue weighted by atomic mass is 10.0. The van der Waals surface area contributed by atoms with Crippen molar-refractivity contribution in [1.29, 1.82) is 0 Å². The molecule has 0 aliphatic heterocycles. The summed E-state index contributed by atoms with van der Waals surface area (Å²) in [6.45, 7) is 2.39. The fraction of sp³-hybridized carbons (Fsp3) is 0.172. The topological polar surface area (TPSA) is 12.5 Å². The molecule has 0 saturated carbocycles. The van der Waals surface area contributed by atoms with E-state index in [1.54, 1.807) is 0 Å². The molecule has 0 radical (unpaired) electrons. The molecule has 1 atom stereocenters. The highest BCUT2D eigenvalue weighted by Crippen LogP contribution is 2.30. The molecule has 0 N–H and O–H groups in total. The molecule has 174 valence electrons. The minimum absolute atomic E-state index is 0.261. The van der Waals surface area contributed by atoms with Crippen LogP contribution >= 0.6 is 38.5 Å². The minimum atomic E-state index is -0.402. The normalized spacial score (nSPS) is 12.0. The molecular weight excluding hydrogens is 604 g/mol. The van der Waals surface area contributed by atoms with Gasteiger partial charge >= 0.3 is 0 Å². The first-order valence-corrected chi connectivity index (χ1v) is 13.1. The standard InChI is InChI=1S/C29H26BrFINO/c30-24-14-15-27(28(31)18-24)29(34-26-13-7-12-25(32)19-26)16-17-33(20-22-8-3-1-4-9-22)21-23-10-5-2-6-11-23/h1-15,18-19,29H,16-17,20-21H2. The van der Waals surface area contributed by atoms with Crippen LogP contribution in [0.5, 0.6) is 5.75 Å². The Hall–Kier alpha value is -2.22. The van der Waals surface area contributed by atoms with Crippen LogP contribution in [0.1, 0.15) is 29.2 Å². The van der Waals surface area contributed by atoms with E-state index in [-0.39, 0.29) is 5.82 Å². The molecule has 0 saturated heterocycles. The Morgan fingerprint density at radius 2 is 1.44 bits per heavy atom. The minimum Gasteiger partial charge on any atom is -0.486 e. The second-order valence-corrected chi connectivity index (χ2v) is 10.4. The molecular formula is C29H26BrFINO. The molecule has 4 aromatic rings. The number of hydrogen-bond donors (Lipinski definition) is 0. The van der Waals surface area contributed by atoms with E-state index in [2.05, 4.69) is 92.0 Å². The molecule has 4 rings (SSSR count). The van der Waals surface area contributed by atoms with Crippen molar-refractivity contribution in [2.75, 3.05) is 6.54 Å². The summed E-state index contributed by atoms with van der Waals surface area (Å²) in [4.78, 5) is 2.40. The van der Waals surface area contributed by atoms with Crippen molar-refractivity contribution in [3.63, 3.8) is 0 Å². The van der Waals surface area contributed by atoms with Gasteiger partial charge < -0.3 is 4.74 Å². The van der Waals surface area contributed by atoms with Gasteiger partial charge in [-0.15, -0.1) is 0 Å². The van der Waals surface area contributed by atoms with Crippen LogP contribution < -0.4 is 4.74 Å². The Morgan fingerprint density at radius 3 is 2.03 bits per heavy atom. The van der Waals surface area contributed by atoms with Crippen molar-refractivity contribution in [3.8, 4) is 5.75 Å². The molecule has 0 aliphatic carbocycles. The lowest BCUT2D eigenvalue weighted by molar-refractivity contribution is 0.154. The summed E-state index contributed by atoms with van der Waals surface area (Å²) in [7, 11) is 0. The molecule has 0 aliphatic rings. The van der Waals surface area contributed by atoms with Gasteiger partial charge in [0.25, 0.3) is 0 Å². The molecule has 0 heterocycles. The molecule has 2 nitrogen and oxygen atoms in total. The first-order valence-electron chi connectivity index (χ1n) is 11.2. The predicted octanol–water partition coefficient (Wildman–Crippen LogP) is 8.41.